The summed E-state index contributed by atoms with van der Waals surface area (Å²) in [6, 6.07) is 0. The third kappa shape index (κ3) is 5.44. The number of cyclic esters (lactones) is 1. The van der Waals surface area contributed by atoms with Crippen LogP contribution in [0.2, 0.25) is 0 Å². The molecule has 0 aromatic rings. The van der Waals surface area contributed by atoms with Crippen LogP contribution in [0.3, 0.4) is 0 Å². The fourth-order valence-corrected chi connectivity index (χ4v) is 2.57. The van der Waals surface area contributed by atoms with Gasteiger partial charge in [0.15, 0.2) is 0 Å². The van der Waals surface area contributed by atoms with Crippen molar-refractivity contribution in [3.63, 3.8) is 0 Å². The van der Waals surface area contributed by atoms with Gasteiger partial charge in [0.2, 0.25) is 5.79 Å². The number of carbonyl (C=O) groups excluding carboxylic acids is 2. The highest BCUT2D eigenvalue weighted by Crippen LogP contribution is 2.34. The van der Waals surface area contributed by atoms with Crippen LogP contribution in [-0.4, -0.2) is 29.4 Å². The fraction of sp³-hybridized carbons (Fsp3) is 0.765. The molecule has 1 heterocycles. The van der Waals surface area contributed by atoms with Gasteiger partial charge in [-0.25, -0.2) is 4.79 Å². The minimum Gasteiger partial charge on any atom is -0.466 e. The highest BCUT2D eigenvalue weighted by Gasteiger charge is 2.41. The first-order valence-electron chi connectivity index (χ1n) is 8.20. The summed E-state index contributed by atoms with van der Waals surface area (Å²) >= 11 is 0. The van der Waals surface area contributed by atoms with E-state index in [9.17, 15) is 14.7 Å². The second-order valence-corrected chi connectivity index (χ2v) is 5.85. The maximum Gasteiger partial charge on any atom is 0.336 e. The van der Waals surface area contributed by atoms with Crippen molar-refractivity contribution in [2.75, 3.05) is 6.61 Å². The smallest absolute Gasteiger partial charge is 0.336 e. The maximum atomic E-state index is 11.4. The minimum absolute atomic E-state index is 0.120. The Bertz CT molecular complexity index is 427. The summed E-state index contributed by atoms with van der Waals surface area (Å²) in [6.07, 6.45) is 6.72. The summed E-state index contributed by atoms with van der Waals surface area (Å²) in [5.74, 6) is -1.94. The molecule has 5 nitrogen and oxygen atoms in total. The van der Waals surface area contributed by atoms with Gasteiger partial charge in [-0.15, -0.1) is 0 Å². The van der Waals surface area contributed by atoms with Crippen LogP contribution < -0.4 is 0 Å². The second-order valence-electron chi connectivity index (χ2n) is 5.85. The number of rotatable bonds is 10. The number of unbranched alkanes of at least 4 members (excludes halogenated alkanes) is 5. The first kappa shape index (κ1) is 18.7. The van der Waals surface area contributed by atoms with E-state index < -0.39 is 11.8 Å². The van der Waals surface area contributed by atoms with E-state index in [0.717, 1.165) is 38.5 Å². The lowest BCUT2D eigenvalue weighted by atomic mass is 9.98. The molecule has 0 spiro atoms. The van der Waals surface area contributed by atoms with E-state index in [-0.39, 0.29) is 5.97 Å². The fourth-order valence-electron chi connectivity index (χ4n) is 2.57. The van der Waals surface area contributed by atoms with Gasteiger partial charge < -0.3 is 14.6 Å². The Kier molecular flexibility index (Phi) is 7.59. The van der Waals surface area contributed by atoms with Crippen molar-refractivity contribution in [2.45, 2.75) is 77.9 Å². The van der Waals surface area contributed by atoms with Crippen LogP contribution in [0.5, 0.6) is 0 Å². The van der Waals surface area contributed by atoms with Crippen LogP contribution in [0.25, 0.3) is 0 Å². The average molecular weight is 312 g/mol. The van der Waals surface area contributed by atoms with Crippen LogP contribution in [0.4, 0.5) is 0 Å². The molecule has 1 rings (SSSR count). The minimum atomic E-state index is -1.40. The van der Waals surface area contributed by atoms with Crippen molar-refractivity contribution in [3.8, 4) is 0 Å². The normalized spacial score (nSPS) is 21.2. The number of hydrogen-bond donors (Lipinski definition) is 1. The zero-order chi connectivity index (χ0) is 16.6. The average Bonchev–Trinajstić information content (AvgIpc) is 2.66. The molecule has 0 aromatic carbocycles. The maximum absolute atomic E-state index is 11.4. The van der Waals surface area contributed by atoms with Crippen LogP contribution >= 0.6 is 0 Å². The Labute approximate surface area is 132 Å². The van der Waals surface area contributed by atoms with Crippen LogP contribution in [0.1, 0.15) is 72.1 Å². The Morgan fingerprint density at radius 1 is 1.14 bits per heavy atom. The summed E-state index contributed by atoms with van der Waals surface area (Å²) in [5.41, 5.74) is 1.15. The molecule has 0 unspecified atom stereocenters. The molecule has 22 heavy (non-hydrogen) atoms. The van der Waals surface area contributed by atoms with E-state index in [4.69, 9.17) is 9.47 Å². The Hall–Kier alpha value is -1.36. The van der Waals surface area contributed by atoms with E-state index in [1.807, 2.05) is 6.92 Å². The van der Waals surface area contributed by atoms with Crippen LogP contribution in [0.15, 0.2) is 11.1 Å². The third-order valence-electron chi connectivity index (χ3n) is 4.17. The number of hydrogen-bond acceptors (Lipinski definition) is 5. The standard InChI is InChI=1S/C17H28O5/c1-4-21-15(18)11-9-7-5-6-8-10-12-17(20)14(3)13(2)16(19)22-17/h20H,4-12H2,1-3H3/t17-/m1/s1. The predicted octanol–water partition coefficient (Wildman–Crippen LogP) is 3.25. The molecule has 1 aliphatic heterocycles. The van der Waals surface area contributed by atoms with E-state index >= 15 is 0 Å². The van der Waals surface area contributed by atoms with Crippen molar-refractivity contribution in [1.82, 2.24) is 0 Å². The van der Waals surface area contributed by atoms with Gasteiger partial charge in [0, 0.05) is 24.0 Å². The van der Waals surface area contributed by atoms with Gasteiger partial charge in [0.05, 0.1) is 6.61 Å². The molecule has 126 valence electrons. The third-order valence-corrected chi connectivity index (χ3v) is 4.17. The first-order chi connectivity index (χ1) is 10.4. The number of ether oxygens (including phenoxy) is 2. The van der Waals surface area contributed by atoms with E-state index in [1.54, 1.807) is 13.8 Å². The summed E-state index contributed by atoms with van der Waals surface area (Å²) in [4.78, 5) is 22.6. The summed E-state index contributed by atoms with van der Waals surface area (Å²) in [7, 11) is 0. The van der Waals surface area contributed by atoms with Gasteiger partial charge in [-0.05, 0) is 33.6 Å². The summed E-state index contributed by atoms with van der Waals surface area (Å²) < 4.78 is 9.93. The predicted molar refractivity (Wildman–Crippen MR) is 83.0 cm³/mol. The molecule has 0 saturated carbocycles. The quantitative estimate of drug-likeness (QED) is 0.495. The molecule has 0 radical (unpaired) electrons. The van der Waals surface area contributed by atoms with Gasteiger partial charge in [-0.1, -0.05) is 25.7 Å². The zero-order valence-electron chi connectivity index (χ0n) is 13.9. The van der Waals surface area contributed by atoms with Gasteiger partial charge in [-0.2, -0.15) is 0 Å². The monoisotopic (exact) mass is 312 g/mol. The summed E-state index contributed by atoms with van der Waals surface area (Å²) in [6.45, 7) is 5.68. The van der Waals surface area contributed by atoms with E-state index in [1.165, 1.54) is 0 Å². The molecule has 0 aliphatic carbocycles. The van der Waals surface area contributed by atoms with Crippen LogP contribution in [-0.2, 0) is 19.1 Å². The SMILES string of the molecule is CCOC(=O)CCCCCCCC[C@@]1(O)OC(=O)C(C)=C1C. The lowest BCUT2D eigenvalue weighted by molar-refractivity contribution is -0.183. The molecular weight excluding hydrogens is 284 g/mol. The van der Waals surface area contributed by atoms with Crippen molar-refractivity contribution in [3.05, 3.63) is 11.1 Å². The highest BCUT2D eigenvalue weighted by atomic mass is 16.7. The van der Waals surface area contributed by atoms with Gasteiger partial charge >= 0.3 is 11.9 Å². The van der Waals surface area contributed by atoms with Gasteiger partial charge in [0.1, 0.15) is 0 Å². The molecule has 0 aromatic heterocycles. The Morgan fingerprint density at radius 3 is 2.27 bits per heavy atom. The second kappa shape index (κ2) is 8.93. The molecular formula is C17H28O5. The van der Waals surface area contributed by atoms with E-state index in [0.29, 0.717) is 30.6 Å². The first-order valence-corrected chi connectivity index (χ1v) is 8.20. The number of esters is 2. The highest BCUT2D eigenvalue weighted by molar-refractivity contribution is 5.91. The molecule has 0 amide bonds. The Morgan fingerprint density at radius 2 is 1.73 bits per heavy atom. The molecule has 0 fully saturated rings. The molecule has 0 bridgehead atoms. The van der Waals surface area contributed by atoms with E-state index in [2.05, 4.69) is 0 Å². The number of carbonyl (C=O) groups is 2. The largest absolute Gasteiger partial charge is 0.466 e. The van der Waals surface area contributed by atoms with Gasteiger partial charge in [-0.3, -0.25) is 4.79 Å². The lowest BCUT2D eigenvalue weighted by Gasteiger charge is -2.23. The zero-order valence-corrected chi connectivity index (χ0v) is 13.9. The Balaban J connectivity index is 2.07. The molecule has 1 aliphatic rings. The topological polar surface area (TPSA) is 72.8 Å². The molecule has 1 atom stereocenters. The lowest BCUT2D eigenvalue weighted by Crippen LogP contribution is -2.30. The van der Waals surface area contributed by atoms with Crippen molar-refractivity contribution in [1.29, 1.82) is 0 Å². The molecule has 0 saturated heterocycles. The van der Waals surface area contributed by atoms with Crippen molar-refractivity contribution in [2.24, 2.45) is 0 Å². The molecule has 5 heteroatoms. The summed E-state index contributed by atoms with van der Waals surface area (Å²) in [5, 5.41) is 10.3. The van der Waals surface area contributed by atoms with Crippen molar-refractivity contribution >= 4 is 11.9 Å². The molecule has 1 N–H and O–H groups in total. The van der Waals surface area contributed by atoms with Crippen molar-refractivity contribution < 1.29 is 24.2 Å². The van der Waals surface area contributed by atoms with Gasteiger partial charge in [0.25, 0.3) is 0 Å². The van der Waals surface area contributed by atoms with Crippen LogP contribution in [0, 0.1) is 0 Å². The number of aliphatic hydroxyl groups is 1.